The van der Waals surface area contributed by atoms with Crippen molar-refractivity contribution in [3.63, 3.8) is 0 Å². The van der Waals surface area contributed by atoms with Crippen LogP contribution < -0.4 is 14.4 Å². The molecule has 2 aliphatic rings. The maximum Gasteiger partial charge on any atom is 0.251 e. The van der Waals surface area contributed by atoms with Crippen molar-refractivity contribution in [1.29, 1.82) is 0 Å². The number of rotatable bonds is 3. The van der Waals surface area contributed by atoms with E-state index in [1.807, 2.05) is 51.1 Å². The highest BCUT2D eigenvalue weighted by Crippen LogP contribution is 2.39. The average Bonchev–Trinajstić information content (AvgIpc) is 2.67. The molecule has 2 aliphatic heterocycles. The first-order valence-electron chi connectivity index (χ1n) is 10.4. The number of ether oxygens (including phenoxy) is 1. The number of fused-ring (bicyclic) bond motifs is 1. The van der Waals surface area contributed by atoms with Crippen LogP contribution in [-0.2, 0) is 10.0 Å². The second-order valence-corrected chi connectivity index (χ2v) is 10.7. The molecule has 4 rings (SSSR count). The van der Waals surface area contributed by atoms with Gasteiger partial charge in [0.1, 0.15) is 11.4 Å². The number of carbonyl (C=O) groups is 1. The van der Waals surface area contributed by atoms with Crippen molar-refractivity contribution in [3.05, 3.63) is 59.2 Å². The first-order chi connectivity index (χ1) is 14.2. The quantitative estimate of drug-likeness (QED) is 0.803. The molecule has 7 heteroatoms. The van der Waals surface area contributed by atoms with Gasteiger partial charge >= 0.3 is 0 Å². The first kappa shape index (κ1) is 20.7. The Morgan fingerprint density at radius 3 is 2.70 bits per heavy atom. The normalized spacial score (nSPS) is 22.0. The fourth-order valence-corrected chi connectivity index (χ4v) is 5.94. The van der Waals surface area contributed by atoms with E-state index in [0.717, 1.165) is 23.3 Å². The molecule has 2 aromatic rings. The van der Waals surface area contributed by atoms with Gasteiger partial charge in [-0.1, -0.05) is 24.3 Å². The number of hydrogen-bond donors (Lipinski definition) is 1. The minimum atomic E-state index is -3.34. The lowest BCUT2D eigenvalue weighted by molar-refractivity contribution is 0.0619. The first-order valence-corrected chi connectivity index (χ1v) is 12.0. The van der Waals surface area contributed by atoms with Gasteiger partial charge in [0.05, 0.1) is 17.5 Å². The van der Waals surface area contributed by atoms with Gasteiger partial charge in [0, 0.05) is 24.1 Å². The maximum atomic E-state index is 13.1. The van der Waals surface area contributed by atoms with Crippen molar-refractivity contribution >= 4 is 21.6 Å². The van der Waals surface area contributed by atoms with Crippen LogP contribution in [0.25, 0.3) is 0 Å². The van der Waals surface area contributed by atoms with E-state index in [4.69, 9.17) is 4.74 Å². The summed E-state index contributed by atoms with van der Waals surface area (Å²) in [6, 6.07) is 12.8. The van der Waals surface area contributed by atoms with Gasteiger partial charge in [0.25, 0.3) is 5.91 Å². The summed E-state index contributed by atoms with van der Waals surface area (Å²) in [7, 11) is -3.34. The summed E-state index contributed by atoms with van der Waals surface area (Å²) in [6.07, 6.45) is 2.15. The smallest absolute Gasteiger partial charge is 0.251 e. The Bertz CT molecular complexity index is 1080. The Labute approximate surface area is 178 Å². The van der Waals surface area contributed by atoms with Crippen LogP contribution in [0.4, 0.5) is 5.69 Å². The molecule has 1 N–H and O–H groups in total. The van der Waals surface area contributed by atoms with E-state index in [1.165, 1.54) is 4.31 Å². The standard InChI is InChI=1S/C23H28N2O4S/c1-16-10-11-17(14-20(16)25-12-6-7-13-30(25,27)28)22(26)24-19-15-23(2,3)29-21-9-5-4-8-18(19)21/h4-5,8-11,14,19H,6-7,12-13,15H2,1-3H3,(H,24,26)/t19-/m0/s1. The highest BCUT2D eigenvalue weighted by atomic mass is 32.2. The molecule has 0 aromatic heterocycles. The Morgan fingerprint density at radius 1 is 1.17 bits per heavy atom. The van der Waals surface area contributed by atoms with Crippen LogP contribution in [0, 0.1) is 6.92 Å². The number of aryl methyl sites for hydroxylation is 1. The molecule has 1 fully saturated rings. The summed E-state index contributed by atoms with van der Waals surface area (Å²) >= 11 is 0. The van der Waals surface area contributed by atoms with Gasteiger partial charge in [0.15, 0.2) is 0 Å². The molecule has 0 saturated carbocycles. The van der Waals surface area contributed by atoms with E-state index < -0.39 is 15.6 Å². The zero-order valence-electron chi connectivity index (χ0n) is 17.6. The Balaban J connectivity index is 1.62. The van der Waals surface area contributed by atoms with E-state index >= 15 is 0 Å². The van der Waals surface area contributed by atoms with Crippen LogP contribution in [0.1, 0.15) is 60.6 Å². The number of carbonyl (C=O) groups excluding carboxylic acids is 1. The van der Waals surface area contributed by atoms with Gasteiger partial charge in [-0.3, -0.25) is 9.10 Å². The number of nitrogens with zero attached hydrogens (tertiary/aromatic N) is 1. The predicted octanol–water partition coefficient (Wildman–Crippen LogP) is 3.96. The minimum Gasteiger partial charge on any atom is -0.487 e. The molecule has 0 spiro atoms. The number of hydrogen-bond acceptors (Lipinski definition) is 4. The van der Waals surface area contributed by atoms with Crippen molar-refractivity contribution in [1.82, 2.24) is 5.32 Å². The van der Waals surface area contributed by atoms with Crippen molar-refractivity contribution in [3.8, 4) is 5.75 Å². The average molecular weight is 429 g/mol. The SMILES string of the molecule is Cc1ccc(C(=O)N[C@H]2CC(C)(C)Oc3ccccc32)cc1N1CCCCS1(=O)=O. The summed E-state index contributed by atoms with van der Waals surface area (Å²) in [5.41, 5.74) is 2.45. The second-order valence-electron chi connectivity index (χ2n) is 8.73. The molecule has 160 valence electrons. The van der Waals surface area contributed by atoms with Crippen LogP contribution in [0.15, 0.2) is 42.5 Å². The van der Waals surface area contributed by atoms with E-state index in [9.17, 15) is 13.2 Å². The summed E-state index contributed by atoms with van der Waals surface area (Å²) in [4.78, 5) is 13.1. The molecule has 6 nitrogen and oxygen atoms in total. The van der Waals surface area contributed by atoms with Crippen LogP contribution in [0.5, 0.6) is 5.75 Å². The van der Waals surface area contributed by atoms with Gasteiger partial charge in [-0.05, 0) is 57.4 Å². The van der Waals surface area contributed by atoms with Gasteiger partial charge in [-0.25, -0.2) is 8.42 Å². The molecule has 1 amide bonds. The molecular formula is C23H28N2O4S. The largest absolute Gasteiger partial charge is 0.487 e. The highest BCUT2D eigenvalue weighted by molar-refractivity contribution is 7.92. The summed E-state index contributed by atoms with van der Waals surface area (Å²) in [5, 5.41) is 3.13. The minimum absolute atomic E-state index is 0.150. The van der Waals surface area contributed by atoms with Gasteiger partial charge < -0.3 is 10.1 Å². The fourth-order valence-electron chi connectivity index (χ4n) is 4.25. The molecule has 2 heterocycles. The zero-order valence-corrected chi connectivity index (χ0v) is 18.5. The summed E-state index contributed by atoms with van der Waals surface area (Å²) in [5.74, 6) is 0.711. The van der Waals surface area contributed by atoms with E-state index in [1.54, 1.807) is 12.1 Å². The maximum absolute atomic E-state index is 13.1. The third kappa shape index (κ3) is 4.03. The number of para-hydroxylation sites is 1. The monoisotopic (exact) mass is 428 g/mol. The lowest BCUT2D eigenvalue weighted by Crippen LogP contribution is -2.41. The number of benzene rings is 2. The van der Waals surface area contributed by atoms with Gasteiger partial charge in [-0.15, -0.1) is 0 Å². The van der Waals surface area contributed by atoms with Crippen LogP contribution in [0.3, 0.4) is 0 Å². The van der Waals surface area contributed by atoms with Crippen molar-refractivity contribution < 1.29 is 17.9 Å². The lowest BCUT2D eigenvalue weighted by Gasteiger charge is -2.38. The van der Waals surface area contributed by atoms with Crippen molar-refractivity contribution in [2.75, 3.05) is 16.6 Å². The Morgan fingerprint density at radius 2 is 1.93 bits per heavy atom. The van der Waals surface area contributed by atoms with Crippen LogP contribution in [0.2, 0.25) is 0 Å². The summed E-state index contributed by atoms with van der Waals surface area (Å²) < 4.78 is 32.6. The van der Waals surface area contributed by atoms with Crippen molar-refractivity contribution in [2.45, 2.75) is 51.7 Å². The highest BCUT2D eigenvalue weighted by Gasteiger charge is 2.34. The topological polar surface area (TPSA) is 75.7 Å². The third-order valence-electron chi connectivity index (χ3n) is 5.77. The molecular weight excluding hydrogens is 400 g/mol. The van der Waals surface area contributed by atoms with E-state index in [2.05, 4.69) is 5.32 Å². The number of nitrogens with one attached hydrogen (secondary N) is 1. The van der Waals surface area contributed by atoms with Gasteiger partial charge in [0.2, 0.25) is 10.0 Å². The third-order valence-corrected chi connectivity index (χ3v) is 7.63. The van der Waals surface area contributed by atoms with E-state index in [-0.39, 0.29) is 17.7 Å². The van der Waals surface area contributed by atoms with E-state index in [0.29, 0.717) is 30.6 Å². The number of anilines is 1. The Hall–Kier alpha value is -2.54. The molecule has 0 unspecified atom stereocenters. The van der Waals surface area contributed by atoms with Crippen LogP contribution in [-0.4, -0.2) is 32.2 Å². The van der Waals surface area contributed by atoms with Gasteiger partial charge in [-0.2, -0.15) is 0 Å². The molecule has 1 atom stereocenters. The molecule has 0 aliphatic carbocycles. The Kier molecular flexibility index (Phi) is 5.26. The molecule has 0 bridgehead atoms. The number of sulfonamides is 1. The molecule has 30 heavy (non-hydrogen) atoms. The molecule has 0 radical (unpaired) electrons. The summed E-state index contributed by atoms with van der Waals surface area (Å²) in [6.45, 7) is 6.34. The lowest BCUT2D eigenvalue weighted by atomic mass is 9.89. The molecule has 2 aromatic carbocycles. The zero-order chi connectivity index (χ0) is 21.5. The van der Waals surface area contributed by atoms with Crippen molar-refractivity contribution in [2.24, 2.45) is 0 Å². The second kappa shape index (κ2) is 7.61. The van der Waals surface area contributed by atoms with Crippen LogP contribution >= 0.6 is 0 Å². The molecule has 1 saturated heterocycles. The number of amides is 1. The predicted molar refractivity (Wildman–Crippen MR) is 118 cm³/mol. The fraction of sp³-hybridized carbons (Fsp3) is 0.435.